The molecule has 2 heterocycles. The van der Waals surface area contributed by atoms with Crippen LogP contribution in [-0.4, -0.2) is 29.2 Å². The van der Waals surface area contributed by atoms with E-state index in [9.17, 15) is 4.79 Å². The average Bonchev–Trinajstić information content (AvgIpc) is 3.14. The topological polar surface area (TPSA) is 78.5 Å². The van der Waals surface area contributed by atoms with Crippen LogP contribution < -0.4 is 20.5 Å². The van der Waals surface area contributed by atoms with Crippen molar-refractivity contribution in [2.75, 3.05) is 18.9 Å². The van der Waals surface area contributed by atoms with E-state index in [4.69, 9.17) is 15.2 Å². The number of anilines is 1. The Kier molecular flexibility index (Phi) is 6.71. The predicted octanol–water partition coefficient (Wildman–Crippen LogP) is 6.92. The molecule has 0 atom stereocenters. The third-order valence-corrected chi connectivity index (χ3v) is 8.03. The summed E-state index contributed by atoms with van der Waals surface area (Å²) in [6.45, 7) is 5.63. The third kappa shape index (κ3) is 5.08. The van der Waals surface area contributed by atoms with E-state index in [-0.39, 0.29) is 5.91 Å². The quantitative estimate of drug-likeness (QED) is 0.269. The molecule has 1 fully saturated rings. The lowest BCUT2D eigenvalue weighted by atomic mass is 9.81. The summed E-state index contributed by atoms with van der Waals surface area (Å²) < 4.78 is 14.5. The van der Waals surface area contributed by atoms with Gasteiger partial charge in [0.25, 0.3) is 5.91 Å². The van der Waals surface area contributed by atoms with Gasteiger partial charge in [-0.15, -0.1) is 0 Å². The van der Waals surface area contributed by atoms with Gasteiger partial charge >= 0.3 is 0 Å². The lowest BCUT2D eigenvalue weighted by Gasteiger charge is -2.26. The molecule has 2 aliphatic rings. The van der Waals surface area contributed by atoms with Gasteiger partial charge in [-0.1, -0.05) is 37.5 Å². The van der Waals surface area contributed by atoms with Gasteiger partial charge in [0.2, 0.25) is 0 Å². The fourth-order valence-corrected chi connectivity index (χ4v) is 6.12. The number of nitrogens with one attached hydrogen (secondary N) is 1. The van der Waals surface area contributed by atoms with Crippen molar-refractivity contribution in [2.24, 2.45) is 0 Å². The smallest absolute Gasteiger partial charge is 0.251 e. The molecule has 6 rings (SSSR count). The third-order valence-electron chi connectivity index (χ3n) is 8.03. The second-order valence-corrected chi connectivity index (χ2v) is 11.5. The van der Waals surface area contributed by atoms with Crippen LogP contribution in [-0.2, 0) is 6.54 Å². The van der Waals surface area contributed by atoms with Crippen molar-refractivity contribution < 1.29 is 14.3 Å². The average molecular weight is 524 g/mol. The number of rotatable bonds is 6. The second-order valence-electron chi connectivity index (χ2n) is 11.5. The number of benzene rings is 3. The Balaban J connectivity index is 1.34. The van der Waals surface area contributed by atoms with E-state index >= 15 is 0 Å². The number of fused-ring (bicyclic) bond motifs is 5. The van der Waals surface area contributed by atoms with Gasteiger partial charge < -0.3 is 25.1 Å². The number of carbonyl (C=O) groups excluding carboxylic acids is 1. The SMILES string of the molecule is CC(C)(COc1ccc(N)cc1)NC(=O)c1ccc2c(C3CCCCC3)c3n(c2c1)CCOc1ccccc1-3. The zero-order valence-corrected chi connectivity index (χ0v) is 22.8. The van der Waals surface area contributed by atoms with Crippen LogP contribution in [0.15, 0.2) is 66.7 Å². The summed E-state index contributed by atoms with van der Waals surface area (Å²) in [7, 11) is 0. The van der Waals surface area contributed by atoms with E-state index < -0.39 is 5.54 Å². The van der Waals surface area contributed by atoms with Crippen molar-refractivity contribution in [3.8, 4) is 22.8 Å². The number of nitrogen functional groups attached to an aromatic ring is 1. The van der Waals surface area contributed by atoms with Crippen molar-refractivity contribution >= 4 is 22.5 Å². The van der Waals surface area contributed by atoms with Crippen LogP contribution in [0.1, 0.15) is 67.8 Å². The molecule has 1 aliphatic heterocycles. The Morgan fingerprint density at radius 3 is 2.62 bits per heavy atom. The Bertz CT molecular complexity index is 1500. The van der Waals surface area contributed by atoms with Crippen LogP contribution >= 0.6 is 0 Å². The fraction of sp³-hybridized carbons (Fsp3) is 0.364. The van der Waals surface area contributed by atoms with Crippen LogP contribution in [0, 0.1) is 0 Å². The number of aromatic nitrogens is 1. The van der Waals surface area contributed by atoms with Crippen molar-refractivity contribution in [1.82, 2.24) is 9.88 Å². The molecule has 0 spiro atoms. The van der Waals surface area contributed by atoms with Gasteiger partial charge in [0.05, 0.1) is 17.8 Å². The standard InChI is InChI=1S/C33H37N3O3/c1-33(2,21-39-25-15-13-24(34)14-16-25)35-32(37)23-12-17-26-28(20-23)36-18-19-38-29-11-7-6-10-27(29)31(36)30(26)22-8-4-3-5-9-22/h6-7,10-17,20,22H,3-5,8-9,18-19,21,34H2,1-2H3,(H,35,37). The summed E-state index contributed by atoms with van der Waals surface area (Å²) in [5.41, 5.74) is 11.5. The molecule has 0 radical (unpaired) electrons. The van der Waals surface area contributed by atoms with Gasteiger partial charge in [0.1, 0.15) is 24.7 Å². The van der Waals surface area contributed by atoms with E-state index in [1.165, 1.54) is 48.7 Å². The van der Waals surface area contributed by atoms with Crippen molar-refractivity contribution in [2.45, 2.75) is 64.0 Å². The fourth-order valence-electron chi connectivity index (χ4n) is 6.12. The van der Waals surface area contributed by atoms with Crippen LogP contribution in [0.5, 0.6) is 11.5 Å². The maximum absolute atomic E-state index is 13.5. The highest BCUT2D eigenvalue weighted by Crippen LogP contribution is 2.47. The zero-order chi connectivity index (χ0) is 27.0. The summed E-state index contributed by atoms with van der Waals surface area (Å²) in [4.78, 5) is 13.5. The van der Waals surface area contributed by atoms with E-state index in [0.717, 1.165) is 29.1 Å². The van der Waals surface area contributed by atoms with Crippen molar-refractivity contribution in [3.63, 3.8) is 0 Å². The van der Waals surface area contributed by atoms with Crippen LogP contribution in [0.25, 0.3) is 22.2 Å². The first-order chi connectivity index (χ1) is 18.9. The highest BCUT2D eigenvalue weighted by atomic mass is 16.5. The molecule has 0 unspecified atom stereocenters. The highest BCUT2D eigenvalue weighted by molar-refractivity contribution is 6.01. The van der Waals surface area contributed by atoms with Crippen LogP contribution in [0.3, 0.4) is 0 Å². The Labute approximate surface area is 230 Å². The zero-order valence-electron chi connectivity index (χ0n) is 22.8. The van der Waals surface area contributed by atoms with Gasteiger partial charge in [0.15, 0.2) is 0 Å². The summed E-state index contributed by atoms with van der Waals surface area (Å²) in [5.74, 6) is 2.08. The van der Waals surface area contributed by atoms with Gasteiger partial charge in [-0.3, -0.25) is 4.79 Å². The molecule has 6 heteroatoms. The van der Waals surface area contributed by atoms with Crippen molar-refractivity contribution in [3.05, 3.63) is 77.9 Å². The molecule has 4 aromatic rings. The second kappa shape index (κ2) is 10.3. The Hall–Kier alpha value is -3.93. The normalized spacial score (nSPS) is 15.6. The minimum atomic E-state index is -0.566. The number of ether oxygens (including phenoxy) is 2. The maximum atomic E-state index is 13.5. The minimum Gasteiger partial charge on any atom is -0.491 e. The first kappa shape index (κ1) is 25.4. The molecular weight excluding hydrogens is 486 g/mol. The molecule has 3 N–H and O–H groups in total. The molecule has 0 bridgehead atoms. The maximum Gasteiger partial charge on any atom is 0.251 e. The van der Waals surface area contributed by atoms with Gasteiger partial charge in [0, 0.05) is 27.7 Å². The number of hydrogen-bond acceptors (Lipinski definition) is 4. The molecule has 1 aliphatic carbocycles. The lowest BCUT2D eigenvalue weighted by molar-refractivity contribution is 0.0881. The number of carbonyl (C=O) groups is 1. The Morgan fingerprint density at radius 1 is 1.05 bits per heavy atom. The molecule has 1 saturated carbocycles. The number of para-hydroxylation sites is 1. The molecule has 1 aromatic heterocycles. The number of amides is 1. The molecule has 3 aromatic carbocycles. The van der Waals surface area contributed by atoms with E-state index in [1.54, 1.807) is 0 Å². The molecule has 202 valence electrons. The summed E-state index contributed by atoms with van der Waals surface area (Å²) in [5, 5.41) is 4.43. The summed E-state index contributed by atoms with van der Waals surface area (Å²) >= 11 is 0. The van der Waals surface area contributed by atoms with Crippen LogP contribution in [0.2, 0.25) is 0 Å². The number of nitrogens with two attached hydrogens (primary N) is 1. The highest BCUT2D eigenvalue weighted by Gasteiger charge is 2.30. The van der Waals surface area contributed by atoms with Gasteiger partial charge in [-0.05, 0) is 86.7 Å². The van der Waals surface area contributed by atoms with Crippen molar-refractivity contribution in [1.29, 1.82) is 0 Å². The Morgan fingerprint density at radius 2 is 1.82 bits per heavy atom. The molecule has 0 saturated heterocycles. The molecule has 39 heavy (non-hydrogen) atoms. The minimum absolute atomic E-state index is 0.108. The summed E-state index contributed by atoms with van der Waals surface area (Å²) in [6.07, 6.45) is 6.26. The van der Waals surface area contributed by atoms with Gasteiger partial charge in [-0.2, -0.15) is 0 Å². The van der Waals surface area contributed by atoms with E-state index in [0.29, 0.717) is 30.4 Å². The monoisotopic (exact) mass is 523 g/mol. The largest absolute Gasteiger partial charge is 0.491 e. The lowest BCUT2D eigenvalue weighted by Crippen LogP contribution is -2.47. The first-order valence-electron chi connectivity index (χ1n) is 14.1. The van der Waals surface area contributed by atoms with E-state index in [1.807, 2.05) is 50.2 Å². The first-order valence-corrected chi connectivity index (χ1v) is 14.1. The molecular formula is C33H37N3O3. The molecule has 6 nitrogen and oxygen atoms in total. The van der Waals surface area contributed by atoms with Gasteiger partial charge in [-0.25, -0.2) is 0 Å². The van der Waals surface area contributed by atoms with Crippen LogP contribution in [0.4, 0.5) is 5.69 Å². The predicted molar refractivity (Wildman–Crippen MR) is 157 cm³/mol. The molecule has 1 amide bonds. The number of hydrogen-bond donors (Lipinski definition) is 2. The van der Waals surface area contributed by atoms with E-state index in [2.05, 4.69) is 40.2 Å². The summed E-state index contributed by atoms with van der Waals surface area (Å²) in [6, 6.07) is 21.9. The number of nitrogens with zero attached hydrogens (tertiary/aromatic N) is 1.